The molecular formula is C12H23N3O. The Morgan fingerprint density at radius 1 is 1.56 bits per heavy atom. The van der Waals surface area contributed by atoms with Crippen LogP contribution in [0.4, 0.5) is 0 Å². The first-order chi connectivity index (χ1) is 7.84. The molecule has 2 aliphatic heterocycles. The molecule has 2 atom stereocenters. The lowest BCUT2D eigenvalue weighted by molar-refractivity contribution is 0.00122. The molecule has 0 radical (unpaired) electrons. The average Bonchev–Trinajstić information content (AvgIpc) is 2.30. The van der Waals surface area contributed by atoms with E-state index in [-0.39, 0.29) is 0 Å². The molecule has 1 saturated heterocycles. The number of nitrogens with zero attached hydrogens (tertiary/aromatic N) is 1. The normalized spacial score (nSPS) is 30.4. The van der Waals surface area contributed by atoms with Gasteiger partial charge in [-0.1, -0.05) is 0 Å². The summed E-state index contributed by atoms with van der Waals surface area (Å²) >= 11 is 0. The van der Waals surface area contributed by atoms with Gasteiger partial charge in [-0.15, -0.1) is 0 Å². The van der Waals surface area contributed by atoms with Crippen LogP contribution in [0, 0.1) is 5.92 Å². The van der Waals surface area contributed by atoms with Gasteiger partial charge in [0.15, 0.2) is 5.96 Å². The zero-order chi connectivity index (χ0) is 11.2. The highest BCUT2D eigenvalue weighted by Crippen LogP contribution is 2.22. The van der Waals surface area contributed by atoms with Crippen molar-refractivity contribution in [1.82, 2.24) is 10.6 Å². The monoisotopic (exact) mass is 225 g/mol. The highest BCUT2D eigenvalue weighted by atomic mass is 16.5. The summed E-state index contributed by atoms with van der Waals surface area (Å²) in [6.07, 6.45) is 5.26. The summed E-state index contributed by atoms with van der Waals surface area (Å²) in [5.41, 5.74) is 0. The van der Waals surface area contributed by atoms with Crippen LogP contribution in [0.5, 0.6) is 0 Å². The van der Waals surface area contributed by atoms with Gasteiger partial charge in [-0.3, -0.25) is 4.99 Å². The Hall–Kier alpha value is -0.770. The van der Waals surface area contributed by atoms with Gasteiger partial charge in [0.1, 0.15) is 0 Å². The number of ether oxygens (including phenoxy) is 1. The van der Waals surface area contributed by atoms with E-state index < -0.39 is 0 Å². The highest BCUT2D eigenvalue weighted by Gasteiger charge is 2.18. The predicted molar refractivity (Wildman–Crippen MR) is 65.7 cm³/mol. The molecule has 0 aromatic heterocycles. The predicted octanol–water partition coefficient (Wildman–Crippen LogP) is 1.13. The second kappa shape index (κ2) is 6.09. The molecule has 2 aliphatic rings. The molecule has 0 aromatic carbocycles. The number of rotatable bonds is 3. The van der Waals surface area contributed by atoms with E-state index in [4.69, 9.17) is 4.74 Å². The maximum absolute atomic E-state index is 5.55. The van der Waals surface area contributed by atoms with Crippen molar-refractivity contribution >= 4 is 5.96 Å². The molecular weight excluding hydrogens is 202 g/mol. The van der Waals surface area contributed by atoms with Crippen LogP contribution in [-0.2, 0) is 4.74 Å². The molecule has 2 unspecified atom stereocenters. The lowest BCUT2D eigenvalue weighted by Gasteiger charge is -2.27. The van der Waals surface area contributed by atoms with Crippen molar-refractivity contribution in [2.75, 3.05) is 26.2 Å². The Bertz CT molecular complexity index is 242. The second-order valence-electron chi connectivity index (χ2n) is 4.80. The number of nitrogens with one attached hydrogen (secondary N) is 2. The van der Waals surface area contributed by atoms with E-state index in [0.29, 0.717) is 6.10 Å². The van der Waals surface area contributed by atoms with Gasteiger partial charge in [-0.05, 0) is 38.5 Å². The van der Waals surface area contributed by atoms with Gasteiger partial charge in [0.2, 0.25) is 0 Å². The van der Waals surface area contributed by atoms with Crippen LogP contribution in [0.25, 0.3) is 0 Å². The van der Waals surface area contributed by atoms with Crippen LogP contribution in [0.1, 0.15) is 32.6 Å². The van der Waals surface area contributed by atoms with E-state index in [1.807, 2.05) is 0 Å². The molecule has 4 heteroatoms. The summed E-state index contributed by atoms with van der Waals surface area (Å²) in [6.45, 7) is 6.16. The van der Waals surface area contributed by atoms with E-state index in [1.165, 1.54) is 19.3 Å². The van der Waals surface area contributed by atoms with Crippen molar-refractivity contribution in [1.29, 1.82) is 0 Å². The van der Waals surface area contributed by atoms with Gasteiger partial charge in [0.25, 0.3) is 0 Å². The van der Waals surface area contributed by atoms with Gasteiger partial charge < -0.3 is 15.4 Å². The molecule has 2 heterocycles. The minimum absolute atomic E-state index is 0.448. The smallest absolute Gasteiger partial charge is 0.191 e. The first-order valence-corrected chi connectivity index (χ1v) is 6.48. The third-order valence-electron chi connectivity index (χ3n) is 3.34. The van der Waals surface area contributed by atoms with Crippen LogP contribution >= 0.6 is 0 Å². The first-order valence-electron chi connectivity index (χ1n) is 6.48. The van der Waals surface area contributed by atoms with Crippen LogP contribution in [-0.4, -0.2) is 38.3 Å². The maximum Gasteiger partial charge on any atom is 0.191 e. The summed E-state index contributed by atoms with van der Waals surface area (Å²) in [4.78, 5) is 4.40. The number of hydrogen-bond donors (Lipinski definition) is 2. The molecule has 2 N–H and O–H groups in total. The van der Waals surface area contributed by atoms with Gasteiger partial charge >= 0.3 is 0 Å². The van der Waals surface area contributed by atoms with Crippen molar-refractivity contribution < 1.29 is 4.74 Å². The van der Waals surface area contributed by atoms with Gasteiger partial charge in [-0.2, -0.15) is 0 Å². The number of hydrogen-bond acceptors (Lipinski definition) is 4. The lowest BCUT2D eigenvalue weighted by Crippen LogP contribution is -2.41. The maximum atomic E-state index is 5.55. The largest absolute Gasteiger partial charge is 0.378 e. The summed E-state index contributed by atoms with van der Waals surface area (Å²) in [7, 11) is 0. The molecule has 0 bridgehead atoms. The number of guanidine groups is 1. The zero-order valence-electron chi connectivity index (χ0n) is 10.2. The van der Waals surface area contributed by atoms with Crippen LogP contribution in [0.3, 0.4) is 0 Å². The summed E-state index contributed by atoms with van der Waals surface area (Å²) < 4.78 is 5.55. The molecule has 0 aromatic rings. The second-order valence-corrected chi connectivity index (χ2v) is 4.80. The lowest BCUT2D eigenvalue weighted by atomic mass is 9.93. The molecule has 0 spiro atoms. The van der Waals surface area contributed by atoms with E-state index in [2.05, 4.69) is 22.5 Å². The molecule has 0 saturated carbocycles. The quantitative estimate of drug-likeness (QED) is 0.757. The minimum Gasteiger partial charge on any atom is -0.378 e. The molecule has 0 aliphatic carbocycles. The van der Waals surface area contributed by atoms with Crippen molar-refractivity contribution in [2.24, 2.45) is 10.9 Å². The first kappa shape index (κ1) is 11.7. The van der Waals surface area contributed by atoms with E-state index in [1.54, 1.807) is 0 Å². The van der Waals surface area contributed by atoms with Crippen LogP contribution < -0.4 is 10.6 Å². The van der Waals surface area contributed by atoms with Gasteiger partial charge in [0, 0.05) is 26.2 Å². The van der Waals surface area contributed by atoms with Gasteiger partial charge in [-0.25, -0.2) is 0 Å². The van der Waals surface area contributed by atoms with Crippen LogP contribution in [0.2, 0.25) is 0 Å². The third-order valence-corrected chi connectivity index (χ3v) is 3.34. The standard InChI is InChI=1S/C12H23N3O/c1-10-9-11(4-8-16-10)3-7-15-12-13-5-2-6-14-12/h10-11H,2-9H2,1H3,(H2,13,14,15). The zero-order valence-corrected chi connectivity index (χ0v) is 10.2. The Balaban J connectivity index is 1.61. The van der Waals surface area contributed by atoms with Crippen molar-refractivity contribution in [3.63, 3.8) is 0 Å². The fraction of sp³-hybridized carbons (Fsp3) is 0.917. The third kappa shape index (κ3) is 3.67. The summed E-state index contributed by atoms with van der Waals surface area (Å²) in [5, 5.41) is 6.66. The Labute approximate surface area is 97.9 Å². The average molecular weight is 225 g/mol. The molecule has 92 valence electrons. The summed E-state index contributed by atoms with van der Waals surface area (Å²) in [6, 6.07) is 0. The van der Waals surface area contributed by atoms with Crippen molar-refractivity contribution in [2.45, 2.75) is 38.7 Å². The fourth-order valence-electron chi connectivity index (χ4n) is 2.40. The molecule has 1 fully saturated rings. The SMILES string of the molecule is CC1CC(CCNC2=NCCCN2)CCO1. The van der Waals surface area contributed by atoms with E-state index >= 15 is 0 Å². The van der Waals surface area contributed by atoms with Crippen LogP contribution in [0.15, 0.2) is 4.99 Å². The number of aliphatic imine (C=N–C) groups is 1. The summed E-state index contributed by atoms with van der Waals surface area (Å²) in [5.74, 6) is 1.81. The van der Waals surface area contributed by atoms with Crippen molar-refractivity contribution in [3.8, 4) is 0 Å². The van der Waals surface area contributed by atoms with E-state index in [0.717, 1.165) is 44.5 Å². The Morgan fingerprint density at radius 3 is 3.25 bits per heavy atom. The molecule has 0 amide bonds. The molecule has 16 heavy (non-hydrogen) atoms. The van der Waals surface area contributed by atoms with Crippen molar-refractivity contribution in [3.05, 3.63) is 0 Å². The van der Waals surface area contributed by atoms with E-state index in [9.17, 15) is 0 Å². The molecule has 4 nitrogen and oxygen atoms in total. The molecule has 2 rings (SSSR count). The fourth-order valence-corrected chi connectivity index (χ4v) is 2.40. The highest BCUT2D eigenvalue weighted by molar-refractivity contribution is 5.80. The topological polar surface area (TPSA) is 45.7 Å². The van der Waals surface area contributed by atoms with Gasteiger partial charge in [0.05, 0.1) is 6.10 Å². The Kier molecular flexibility index (Phi) is 4.45. The minimum atomic E-state index is 0.448. The Morgan fingerprint density at radius 2 is 2.50 bits per heavy atom.